The summed E-state index contributed by atoms with van der Waals surface area (Å²) in [6.45, 7) is 1.41. The minimum Gasteiger partial charge on any atom is -0.342 e. The topological polar surface area (TPSA) is 81.8 Å². The quantitative estimate of drug-likeness (QED) is 0.752. The minimum absolute atomic E-state index is 0.0174. The highest BCUT2D eigenvalue weighted by Gasteiger charge is 2.52. The molecule has 1 aliphatic carbocycles. The van der Waals surface area contributed by atoms with Gasteiger partial charge in [-0.3, -0.25) is 9.59 Å². The van der Waals surface area contributed by atoms with Crippen molar-refractivity contribution in [2.45, 2.75) is 51.0 Å². The fraction of sp³-hybridized carbons (Fsp3) is 0.842. The van der Waals surface area contributed by atoms with Crippen LogP contribution < -0.4 is 10.6 Å². The van der Waals surface area contributed by atoms with Gasteiger partial charge >= 0.3 is 6.03 Å². The molecule has 27 heavy (non-hydrogen) atoms. The summed E-state index contributed by atoms with van der Waals surface area (Å²) in [5, 5.41) is 5.01. The first-order valence-electron chi connectivity index (χ1n) is 10.1. The average Bonchev–Trinajstić information content (AvgIpc) is 3.52. The second kappa shape index (κ2) is 8.44. The van der Waals surface area contributed by atoms with Crippen LogP contribution in [0.5, 0.6) is 0 Å². The summed E-state index contributed by atoms with van der Waals surface area (Å²) in [5.41, 5.74) is -0.749. The number of carbonyl (C=O) groups is 3. The molecular weight excluding hydrogens is 351 g/mol. The van der Waals surface area contributed by atoms with Crippen LogP contribution in [0.4, 0.5) is 9.18 Å². The van der Waals surface area contributed by atoms with E-state index < -0.39 is 12.1 Å². The van der Waals surface area contributed by atoms with Crippen LogP contribution in [0.1, 0.15) is 44.9 Å². The predicted octanol–water partition coefficient (Wildman–Crippen LogP) is 1.28. The molecule has 4 amide bonds. The zero-order valence-electron chi connectivity index (χ0n) is 16.1. The lowest BCUT2D eigenvalue weighted by Gasteiger charge is -2.44. The molecule has 3 aliphatic rings. The van der Waals surface area contributed by atoms with Crippen LogP contribution in [-0.2, 0) is 9.59 Å². The van der Waals surface area contributed by atoms with Crippen molar-refractivity contribution in [3.05, 3.63) is 0 Å². The summed E-state index contributed by atoms with van der Waals surface area (Å²) in [4.78, 5) is 40.5. The van der Waals surface area contributed by atoms with E-state index in [-0.39, 0.29) is 36.3 Å². The maximum Gasteiger partial charge on any atom is 0.314 e. The molecule has 3 fully saturated rings. The molecule has 0 aromatic heterocycles. The molecule has 2 atom stereocenters. The van der Waals surface area contributed by atoms with Gasteiger partial charge in [0.05, 0.1) is 12.0 Å². The Kier molecular flexibility index (Phi) is 6.22. The average molecular weight is 382 g/mol. The van der Waals surface area contributed by atoms with Crippen molar-refractivity contribution in [2.24, 2.45) is 11.3 Å². The third-order valence-electron chi connectivity index (χ3n) is 6.35. The van der Waals surface area contributed by atoms with Crippen molar-refractivity contribution in [2.75, 3.05) is 39.9 Å². The van der Waals surface area contributed by atoms with Crippen LogP contribution in [0.2, 0.25) is 0 Å². The van der Waals surface area contributed by atoms with Gasteiger partial charge in [0.1, 0.15) is 6.67 Å². The Morgan fingerprint density at radius 3 is 2.56 bits per heavy atom. The lowest BCUT2D eigenvalue weighted by molar-refractivity contribution is -0.141. The van der Waals surface area contributed by atoms with Gasteiger partial charge in [0.2, 0.25) is 11.8 Å². The zero-order chi connectivity index (χ0) is 19.4. The normalized spacial score (nSPS) is 27.0. The first-order valence-corrected chi connectivity index (χ1v) is 10.1. The molecule has 1 saturated carbocycles. The molecular formula is C19H31FN4O3. The monoisotopic (exact) mass is 382 g/mol. The largest absolute Gasteiger partial charge is 0.342 e. The standard InChI is InChI=1S/C19H31FN4O3/c1-21-18(27)22-11-16(25)24-10-3-2-6-15(24)14-5-4-9-23(12-14)17(26)19(13-20)7-8-19/h14-15H,2-13H2,1H3,(H2,21,22,27). The Bertz CT molecular complexity index is 581. The van der Waals surface area contributed by atoms with Crippen LogP contribution in [0.3, 0.4) is 0 Å². The number of carbonyl (C=O) groups excluding carboxylic acids is 3. The van der Waals surface area contributed by atoms with Gasteiger partial charge in [-0.05, 0) is 50.9 Å². The summed E-state index contributed by atoms with van der Waals surface area (Å²) in [5.74, 6) is 0.112. The van der Waals surface area contributed by atoms with Crippen molar-refractivity contribution in [1.29, 1.82) is 0 Å². The summed E-state index contributed by atoms with van der Waals surface area (Å²) in [6, 6.07) is -0.277. The van der Waals surface area contributed by atoms with E-state index in [2.05, 4.69) is 10.6 Å². The molecule has 152 valence electrons. The fourth-order valence-electron chi connectivity index (χ4n) is 4.50. The highest BCUT2D eigenvalue weighted by atomic mass is 19.1. The molecule has 2 saturated heterocycles. The Labute approximate surface area is 160 Å². The van der Waals surface area contributed by atoms with Gasteiger partial charge < -0.3 is 20.4 Å². The predicted molar refractivity (Wildman–Crippen MR) is 98.8 cm³/mol. The van der Waals surface area contributed by atoms with Crippen molar-refractivity contribution in [3.63, 3.8) is 0 Å². The number of likely N-dealkylation sites (tertiary alicyclic amines) is 2. The first kappa shape index (κ1) is 19.9. The fourth-order valence-corrected chi connectivity index (χ4v) is 4.50. The van der Waals surface area contributed by atoms with E-state index in [9.17, 15) is 18.8 Å². The van der Waals surface area contributed by atoms with E-state index in [4.69, 9.17) is 0 Å². The van der Waals surface area contributed by atoms with Crippen molar-refractivity contribution in [1.82, 2.24) is 20.4 Å². The second-order valence-electron chi connectivity index (χ2n) is 8.15. The maximum atomic E-state index is 13.3. The Morgan fingerprint density at radius 2 is 1.89 bits per heavy atom. The third-order valence-corrected chi connectivity index (χ3v) is 6.35. The molecule has 0 radical (unpaired) electrons. The van der Waals surface area contributed by atoms with Crippen LogP contribution in [0.15, 0.2) is 0 Å². The van der Waals surface area contributed by atoms with Gasteiger partial charge in [0.25, 0.3) is 0 Å². The lowest BCUT2D eigenvalue weighted by Crippen LogP contribution is -2.55. The number of hydrogen-bond acceptors (Lipinski definition) is 3. The van der Waals surface area contributed by atoms with Gasteiger partial charge in [-0.25, -0.2) is 9.18 Å². The Hall–Kier alpha value is -1.86. The smallest absolute Gasteiger partial charge is 0.314 e. The SMILES string of the molecule is CNC(=O)NCC(=O)N1CCCCC1C1CCCN(C(=O)C2(CF)CC2)C1. The number of urea groups is 1. The molecule has 8 heteroatoms. The van der Waals surface area contributed by atoms with Crippen molar-refractivity contribution in [3.8, 4) is 0 Å². The summed E-state index contributed by atoms with van der Waals surface area (Å²) in [6.07, 6.45) is 6.13. The van der Waals surface area contributed by atoms with E-state index in [1.54, 1.807) is 0 Å². The highest BCUT2D eigenvalue weighted by molar-refractivity contribution is 5.86. The number of piperidine rings is 2. The van der Waals surface area contributed by atoms with Crippen LogP contribution in [0, 0.1) is 11.3 Å². The van der Waals surface area contributed by atoms with Crippen molar-refractivity contribution >= 4 is 17.8 Å². The number of hydrogen-bond donors (Lipinski definition) is 2. The van der Waals surface area contributed by atoms with E-state index in [1.807, 2.05) is 9.80 Å². The molecule has 2 aliphatic heterocycles. The lowest BCUT2D eigenvalue weighted by atomic mass is 9.84. The summed E-state index contributed by atoms with van der Waals surface area (Å²) >= 11 is 0. The zero-order valence-corrected chi connectivity index (χ0v) is 16.1. The number of rotatable bonds is 5. The number of nitrogens with one attached hydrogen (secondary N) is 2. The van der Waals surface area contributed by atoms with E-state index >= 15 is 0 Å². The first-order chi connectivity index (χ1) is 13.0. The Balaban J connectivity index is 1.62. The van der Waals surface area contributed by atoms with E-state index in [1.165, 1.54) is 7.05 Å². The molecule has 0 bridgehead atoms. The molecule has 2 N–H and O–H groups in total. The number of amides is 4. The van der Waals surface area contributed by atoms with Crippen LogP contribution in [-0.4, -0.2) is 73.6 Å². The molecule has 2 heterocycles. The number of halogens is 1. The minimum atomic E-state index is -0.749. The second-order valence-corrected chi connectivity index (χ2v) is 8.15. The van der Waals surface area contributed by atoms with E-state index in [0.717, 1.165) is 32.1 Å². The van der Waals surface area contributed by atoms with Gasteiger partial charge in [0.15, 0.2) is 0 Å². The van der Waals surface area contributed by atoms with Crippen LogP contribution in [0.25, 0.3) is 0 Å². The van der Waals surface area contributed by atoms with Gasteiger partial charge in [-0.1, -0.05) is 0 Å². The van der Waals surface area contributed by atoms with Gasteiger partial charge in [-0.15, -0.1) is 0 Å². The molecule has 3 rings (SSSR count). The molecule has 7 nitrogen and oxygen atoms in total. The number of alkyl halides is 1. The van der Waals surface area contributed by atoms with Crippen LogP contribution >= 0.6 is 0 Å². The van der Waals surface area contributed by atoms with Crippen molar-refractivity contribution < 1.29 is 18.8 Å². The van der Waals surface area contributed by atoms with E-state index in [0.29, 0.717) is 32.5 Å². The Morgan fingerprint density at radius 1 is 1.11 bits per heavy atom. The molecule has 2 unspecified atom stereocenters. The van der Waals surface area contributed by atoms with Gasteiger partial charge in [-0.2, -0.15) is 0 Å². The van der Waals surface area contributed by atoms with Gasteiger partial charge in [0, 0.05) is 32.7 Å². The summed E-state index contributed by atoms with van der Waals surface area (Å²) < 4.78 is 13.3. The molecule has 0 aromatic carbocycles. The maximum absolute atomic E-state index is 13.3. The third kappa shape index (κ3) is 4.35. The highest BCUT2D eigenvalue weighted by Crippen LogP contribution is 2.48. The summed E-state index contributed by atoms with van der Waals surface area (Å²) in [7, 11) is 1.52. The molecule has 0 aromatic rings. The molecule has 0 spiro atoms. The number of nitrogens with zero attached hydrogens (tertiary/aromatic N) is 2.